The standard InChI is InChI=1S/C8H12N2O8/c11-1-2-3(12)4(13)5(14)8(18-2)6(15)10(17)7(16)9-8/h2-5,11-14,17H,1H2,(H,9,16)/t2-,3-,4+,5-,8+/m1/s1. The van der Waals surface area contributed by atoms with Gasteiger partial charge in [-0.25, -0.2) is 4.79 Å². The van der Waals surface area contributed by atoms with E-state index in [9.17, 15) is 24.9 Å². The number of aliphatic hydroxyl groups is 4. The summed E-state index contributed by atoms with van der Waals surface area (Å²) in [6, 6.07) is -1.25. The number of urea groups is 1. The van der Waals surface area contributed by atoms with E-state index in [1.54, 1.807) is 0 Å². The summed E-state index contributed by atoms with van der Waals surface area (Å²) in [7, 11) is 0. The summed E-state index contributed by atoms with van der Waals surface area (Å²) in [4.78, 5) is 22.8. The number of imide groups is 1. The van der Waals surface area contributed by atoms with Gasteiger partial charge in [-0.05, 0) is 0 Å². The Hall–Kier alpha value is -1.30. The zero-order valence-corrected chi connectivity index (χ0v) is 8.92. The third-order valence-corrected chi connectivity index (χ3v) is 2.98. The molecule has 0 aliphatic carbocycles. The van der Waals surface area contributed by atoms with Gasteiger partial charge in [0.1, 0.15) is 24.4 Å². The molecule has 0 aromatic carbocycles. The molecule has 102 valence electrons. The Labute approximate surface area is 100.0 Å². The Balaban J connectivity index is 2.38. The minimum atomic E-state index is -2.42. The van der Waals surface area contributed by atoms with Crippen LogP contribution < -0.4 is 5.32 Å². The molecule has 2 aliphatic rings. The molecule has 3 amide bonds. The number of carbonyl (C=O) groups excluding carboxylic acids is 2. The molecule has 2 saturated heterocycles. The molecule has 0 radical (unpaired) electrons. The smallest absolute Gasteiger partial charge is 0.351 e. The first-order chi connectivity index (χ1) is 8.35. The first-order valence-electron chi connectivity index (χ1n) is 5.03. The summed E-state index contributed by atoms with van der Waals surface area (Å²) in [5, 5.41) is 48.4. The van der Waals surface area contributed by atoms with Gasteiger partial charge < -0.3 is 25.2 Å². The van der Waals surface area contributed by atoms with Gasteiger partial charge in [0.15, 0.2) is 0 Å². The van der Waals surface area contributed by atoms with Gasteiger partial charge in [0.05, 0.1) is 6.61 Å². The number of rotatable bonds is 1. The number of carbonyl (C=O) groups is 2. The van der Waals surface area contributed by atoms with Crippen molar-refractivity contribution in [2.24, 2.45) is 0 Å². The monoisotopic (exact) mass is 264 g/mol. The van der Waals surface area contributed by atoms with Crippen molar-refractivity contribution < 1.29 is 40.0 Å². The van der Waals surface area contributed by atoms with Gasteiger partial charge in [0.2, 0.25) is 0 Å². The molecule has 0 aromatic rings. The second-order valence-corrected chi connectivity index (χ2v) is 4.05. The molecule has 0 aromatic heterocycles. The molecule has 6 N–H and O–H groups in total. The van der Waals surface area contributed by atoms with Crippen molar-refractivity contribution in [2.45, 2.75) is 30.1 Å². The van der Waals surface area contributed by atoms with Crippen LogP contribution in [0.4, 0.5) is 4.79 Å². The van der Waals surface area contributed by atoms with Crippen molar-refractivity contribution in [3.63, 3.8) is 0 Å². The van der Waals surface area contributed by atoms with Crippen molar-refractivity contribution in [1.29, 1.82) is 0 Å². The Morgan fingerprint density at radius 2 is 1.89 bits per heavy atom. The Kier molecular flexibility index (Phi) is 3.01. The number of hydroxylamine groups is 2. The summed E-state index contributed by atoms with van der Waals surface area (Å²) >= 11 is 0. The Bertz CT molecular complexity index is 387. The normalized spacial score (nSPS) is 44.6. The molecule has 10 heteroatoms. The lowest BCUT2D eigenvalue weighted by Gasteiger charge is -2.44. The van der Waals surface area contributed by atoms with E-state index in [0.29, 0.717) is 0 Å². The van der Waals surface area contributed by atoms with E-state index in [-0.39, 0.29) is 5.06 Å². The lowest BCUT2D eigenvalue weighted by atomic mass is 9.90. The number of ether oxygens (including phenoxy) is 1. The Morgan fingerprint density at radius 3 is 2.33 bits per heavy atom. The highest BCUT2D eigenvalue weighted by Gasteiger charge is 2.64. The molecule has 2 heterocycles. The van der Waals surface area contributed by atoms with Gasteiger partial charge in [0.25, 0.3) is 5.72 Å². The minimum Gasteiger partial charge on any atom is -0.394 e. The fraction of sp³-hybridized carbons (Fsp3) is 0.750. The molecule has 18 heavy (non-hydrogen) atoms. The summed E-state index contributed by atoms with van der Waals surface area (Å²) in [6.07, 6.45) is -6.89. The van der Waals surface area contributed by atoms with Gasteiger partial charge in [-0.2, -0.15) is 0 Å². The number of hydrogen-bond donors (Lipinski definition) is 6. The van der Waals surface area contributed by atoms with E-state index in [1.165, 1.54) is 0 Å². The van der Waals surface area contributed by atoms with Crippen LogP contribution in [-0.2, 0) is 9.53 Å². The van der Waals surface area contributed by atoms with Crippen LogP contribution in [0.2, 0.25) is 0 Å². The van der Waals surface area contributed by atoms with Gasteiger partial charge in [-0.3, -0.25) is 15.3 Å². The summed E-state index contributed by atoms with van der Waals surface area (Å²) in [6.45, 7) is -0.763. The molecular weight excluding hydrogens is 252 g/mol. The fourth-order valence-corrected chi connectivity index (χ4v) is 1.97. The largest absolute Gasteiger partial charge is 0.394 e. The van der Waals surface area contributed by atoms with Crippen LogP contribution in [0.25, 0.3) is 0 Å². The van der Waals surface area contributed by atoms with Crippen molar-refractivity contribution in [3.8, 4) is 0 Å². The average Bonchev–Trinajstić information content (AvgIpc) is 2.57. The molecule has 1 spiro atoms. The maximum atomic E-state index is 11.6. The van der Waals surface area contributed by atoms with E-state index in [4.69, 9.17) is 15.1 Å². The summed E-state index contributed by atoms with van der Waals surface area (Å²) in [5.74, 6) is -1.34. The lowest BCUT2D eigenvalue weighted by molar-refractivity contribution is -0.271. The van der Waals surface area contributed by atoms with Crippen LogP contribution >= 0.6 is 0 Å². The third kappa shape index (κ3) is 1.51. The molecule has 0 bridgehead atoms. The van der Waals surface area contributed by atoms with E-state index in [1.807, 2.05) is 5.32 Å². The molecule has 10 nitrogen and oxygen atoms in total. The van der Waals surface area contributed by atoms with E-state index in [0.717, 1.165) is 0 Å². The molecular formula is C8H12N2O8. The number of aliphatic hydroxyl groups excluding tert-OH is 4. The molecule has 2 fully saturated rings. The van der Waals surface area contributed by atoms with Crippen molar-refractivity contribution in [1.82, 2.24) is 10.4 Å². The number of amides is 3. The fourth-order valence-electron chi connectivity index (χ4n) is 1.97. The van der Waals surface area contributed by atoms with Gasteiger partial charge in [-0.15, -0.1) is 5.06 Å². The van der Waals surface area contributed by atoms with E-state index < -0.39 is 48.7 Å². The lowest BCUT2D eigenvalue weighted by Crippen LogP contribution is -2.71. The number of hydrogen-bond acceptors (Lipinski definition) is 8. The van der Waals surface area contributed by atoms with Crippen LogP contribution in [0, 0.1) is 0 Å². The molecule has 2 aliphatic heterocycles. The first-order valence-corrected chi connectivity index (χ1v) is 5.03. The number of nitrogens with one attached hydrogen (secondary N) is 1. The van der Waals surface area contributed by atoms with E-state index >= 15 is 0 Å². The van der Waals surface area contributed by atoms with Gasteiger partial charge in [0, 0.05) is 0 Å². The van der Waals surface area contributed by atoms with Gasteiger partial charge in [-0.1, -0.05) is 0 Å². The highest BCUT2D eigenvalue weighted by Crippen LogP contribution is 2.32. The summed E-state index contributed by atoms with van der Waals surface area (Å²) in [5.41, 5.74) is -2.42. The van der Waals surface area contributed by atoms with Crippen molar-refractivity contribution >= 4 is 11.9 Å². The zero-order chi connectivity index (χ0) is 13.7. The second-order valence-electron chi connectivity index (χ2n) is 4.05. The average molecular weight is 264 g/mol. The zero-order valence-electron chi connectivity index (χ0n) is 8.92. The Morgan fingerprint density at radius 1 is 1.28 bits per heavy atom. The van der Waals surface area contributed by atoms with Crippen molar-refractivity contribution in [2.75, 3.05) is 6.61 Å². The minimum absolute atomic E-state index is 0.317. The van der Waals surface area contributed by atoms with Crippen LogP contribution in [0.15, 0.2) is 0 Å². The SMILES string of the molecule is O=C1N[C@@]2(O[C@H](CO)[C@@H](O)[C@H](O)[C@H]2O)C(=O)N1O. The van der Waals surface area contributed by atoms with Crippen LogP contribution in [0.1, 0.15) is 0 Å². The maximum absolute atomic E-state index is 11.6. The molecule has 0 unspecified atom stereocenters. The molecule has 0 saturated carbocycles. The second kappa shape index (κ2) is 4.12. The highest BCUT2D eigenvalue weighted by molar-refractivity contribution is 6.05. The van der Waals surface area contributed by atoms with Crippen molar-refractivity contribution in [3.05, 3.63) is 0 Å². The first kappa shape index (κ1) is 13.1. The summed E-state index contributed by atoms with van der Waals surface area (Å²) < 4.78 is 4.94. The van der Waals surface area contributed by atoms with Gasteiger partial charge >= 0.3 is 11.9 Å². The quantitative estimate of drug-likeness (QED) is 0.207. The van der Waals surface area contributed by atoms with Crippen LogP contribution in [0.3, 0.4) is 0 Å². The van der Waals surface area contributed by atoms with E-state index in [2.05, 4.69) is 0 Å². The molecule has 2 rings (SSSR count). The van der Waals surface area contributed by atoms with Crippen LogP contribution in [-0.4, -0.2) is 79.4 Å². The topological polar surface area (TPSA) is 160 Å². The third-order valence-electron chi connectivity index (χ3n) is 2.98. The predicted octanol–water partition coefficient (Wildman–Crippen LogP) is -3.90. The number of nitrogens with zero attached hydrogens (tertiary/aromatic N) is 1. The highest BCUT2D eigenvalue weighted by atomic mass is 16.6. The molecule has 5 atom stereocenters. The predicted molar refractivity (Wildman–Crippen MR) is 49.9 cm³/mol. The van der Waals surface area contributed by atoms with Crippen LogP contribution in [0.5, 0.6) is 0 Å². The maximum Gasteiger partial charge on any atom is 0.351 e.